The smallest absolute Gasteiger partial charge is 0.308 e. The lowest BCUT2D eigenvalue weighted by Crippen LogP contribution is -2.19. The molecule has 0 heterocycles. The van der Waals surface area contributed by atoms with Crippen molar-refractivity contribution < 1.29 is 9.72 Å². The Hall–Kier alpha value is -2.54. The lowest BCUT2D eigenvalue weighted by Gasteiger charge is -2.08. The first-order valence-electron chi connectivity index (χ1n) is 6.05. The molecule has 2 amide bonds. The highest BCUT2D eigenvalue weighted by molar-refractivity contribution is 7.98. The van der Waals surface area contributed by atoms with Gasteiger partial charge in [0, 0.05) is 28.4 Å². The first kappa shape index (κ1) is 14.9. The third-order valence-electron chi connectivity index (χ3n) is 2.66. The van der Waals surface area contributed by atoms with Crippen molar-refractivity contribution in [1.29, 1.82) is 0 Å². The fourth-order valence-electron chi connectivity index (χ4n) is 1.66. The second-order valence-corrected chi connectivity index (χ2v) is 4.99. The quantitative estimate of drug-likeness (QED) is 0.508. The molecule has 0 saturated heterocycles. The van der Waals surface area contributed by atoms with Crippen LogP contribution in [0.2, 0.25) is 0 Å². The molecule has 108 valence electrons. The molecule has 2 aromatic carbocycles. The number of amides is 2. The minimum absolute atomic E-state index is 0.0198. The summed E-state index contributed by atoms with van der Waals surface area (Å²) in [5.41, 5.74) is 1.15. The predicted molar refractivity (Wildman–Crippen MR) is 84.0 cm³/mol. The highest BCUT2D eigenvalue weighted by Gasteiger charge is 2.06. The van der Waals surface area contributed by atoms with E-state index in [2.05, 4.69) is 10.6 Å². The zero-order valence-corrected chi connectivity index (χ0v) is 12.0. The van der Waals surface area contributed by atoms with E-state index >= 15 is 0 Å². The van der Waals surface area contributed by atoms with Crippen LogP contribution >= 0.6 is 11.8 Å². The van der Waals surface area contributed by atoms with E-state index in [0.717, 1.165) is 4.90 Å². The summed E-state index contributed by atoms with van der Waals surface area (Å²) in [6.45, 7) is 0. The van der Waals surface area contributed by atoms with Gasteiger partial charge >= 0.3 is 6.03 Å². The zero-order chi connectivity index (χ0) is 15.2. The number of benzene rings is 2. The average molecular weight is 303 g/mol. The molecule has 0 aromatic heterocycles. The summed E-state index contributed by atoms with van der Waals surface area (Å²) < 4.78 is 0. The number of non-ortho nitro benzene ring substituents is 1. The number of hydrogen-bond donors (Lipinski definition) is 2. The predicted octanol–water partition coefficient (Wildman–Crippen LogP) is 3.96. The minimum atomic E-state index is -0.488. The SMILES string of the molecule is CSc1cccc(NC(=O)Nc2ccc([N+](=O)[O-])cc2)c1. The Labute approximate surface area is 125 Å². The lowest BCUT2D eigenvalue weighted by atomic mass is 10.3. The Morgan fingerprint density at radius 3 is 2.38 bits per heavy atom. The fourth-order valence-corrected chi connectivity index (χ4v) is 2.12. The van der Waals surface area contributed by atoms with Gasteiger partial charge in [0.05, 0.1) is 4.92 Å². The van der Waals surface area contributed by atoms with Gasteiger partial charge in [0.1, 0.15) is 0 Å². The molecule has 0 atom stereocenters. The van der Waals surface area contributed by atoms with Crippen LogP contribution in [0.5, 0.6) is 0 Å². The Bertz CT molecular complexity index is 659. The van der Waals surface area contributed by atoms with Gasteiger partial charge in [-0.2, -0.15) is 0 Å². The zero-order valence-electron chi connectivity index (χ0n) is 11.2. The van der Waals surface area contributed by atoms with Crippen LogP contribution in [0.15, 0.2) is 53.4 Å². The Morgan fingerprint density at radius 2 is 1.76 bits per heavy atom. The van der Waals surface area contributed by atoms with Crippen molar-refractivity contribution in [3.05, 3.63) is 58.6 Å². The maximum absolute atomic E-state index is 11.8. The van der Waals surface area contributed by atoms with Crippen LogP contribution in [-0.2, 0) is 0 Å². The van der Waals surface area contributed by atoms with Gasteiger partial charge in [0.2, 0.25) is 0 Å². The lowest BCUT2D eigenvalue weighted by molar-refractivity contribution is -0.384. The van der Waals surface area contributed by atoms with E-state index in [-0.39, 0.29) is 5.69 Å². The third-order valence-corrected chi connectivity index (χ3v) is 3.39. The van der Waals surface area contributed by atoms with E-state index in [1.54, 1.807) is 17.8 Å². The maximum atomic E-state index is 11.8. The molecule has 0 aliphatic rings. The first-order valence-corrected chi connectivity index (χ1v) is 7.27. The van der Waals surface area contributed by atoms with E-state index in [9.17, 15) is 14.9 Å². The number of nitrogens with one attached hydrogen (secondary N) is 2. The number of nitro groups is 1. The van der Waals surface area contributed by atoms with Gasteiger partial charge in [0.25, 0.3) is 5.69 Å². The largest absolute Gasteiger partial charge is 0.323 e. The summed E-state index contributed by atoms with van der Waals surface area (Å²) in [6, 6.07) is 12.7. The standard InChI is InChI=1S/C14H13N3O3S/c1-21-13-4-2-3-11(9-13)16-14(18)15-10-5-7-12(8-6-10)17(19)20/h2-9H,1H3,(H2,15,16,18). The number of rotatable bonds is 4. The highest BCUT2D eigenvalue weighted by Crippen LogP contribution is 2.19. The summed E-state index contributed by atoms with van der Waals surface area (Å²) in [6.07, 6.45) is 1.95. The van der Waals surface area contributed by atoms with Crippen LogP contribution in [0, 0.1) is 10.1 Å². The van der Waals surface area contributed by atoms with Crippen molar-refractivity contribution in [2.75, 3.05) is 16.9 Å². The first-order chi connectivity index (χ1) is 10.1. The fraction of sp³-hybridized carbons (Fsp3) is 0.0714. The van der Waals surface area contributed by atoms with Crippen molar-refractivity contribution in [3.63, 3.8) is 0 Å². The second-order valence-electron chi connectivity index (χ2n) is 4.12. The van der Waals surface area contributed by atoms with Crippen LogP contribution in [0.4, 0.5) is 21.9 Å². The van der Waals surface area contributed by atoms with Crippen molar-refractivity contribution in [1.82, 2.24) is 0 Å². The number of urea groups is 1. The number of carbonyl (C=O) groups is 1. The summed E-state index contributed by atoms with van der Waals surface area (Å²) >= 11 is 1.58. The Kier molecular flexibility index (Phi) is 4.78. The summed E-state index contributed by atoms with van der Waals surface area (Å²) in [7, 11) is 0. The number of thioether (sulfide) groups is 1. The molecule has 0 saturated carbocycles. The molecule has 0 spiro atoms. The minimum Gasteiger partial charge on any atom is -0.308 e. The number of nitro benzene ring substituents is 1. The molecule has 6 nitrogen and oxygen atoms in total. The summed E-state index contributed by atoms with van der Waals surface area (Å²) in [5, 5.41) is 15.9. The van der Waals surface area contributed by atoms with E-state index < -0.39 is 11.0 Å². The number of nitrogens with zero attached hydrogens (tertiary/aromatic N) is 1. The van der Waals surface area contributed by atoms with Gasteiger partial charge in [-0.15, -0.1) is 11.8 Å². The number of anilines is 2. The van der Waals surface area contributed by atoms with Crippen molar-refractivity contribution in [2.24, 2.45) is 0 Å². The molecule has 7 heteroatoms. The molecule has 0 radical (unpaired) electrons. The van der Waals surface area contributed by atoms with Gasteiger partial charge in [-0.25, -0.2) is 4.79 Å². The van der Waals surface area contributed by atoms with Crippen LogP contribution in [0.1, 0.15) is 0 Å². The van der Waals surface area contributed by atoms with Gasteiger partial charge in [-0.3, -0.25) is 10.1 Å². The molecule has 0 fully saturated rings. The molecule has 0 aliphatic carbocycles. The topological polar surface area (TPSA) is 84.3 Å². The van der Waals surface area contributed by atoms with Gasteiger partial charge in [-0.05, 0) is 36.6 Å². The van der Waals surface area contributed by atoms with Gasteiger partial charge < -0.3 is 10.6 Å². The van der Waals surface area contributed by atoms with Crippen LogP contribution < -0.4 is 10.6 Å². The van der Waals surface area contributed by atoms with Crippen LogP contribution in [-0.4, -0.2) is 17.2 Å². The van der Waals surface area contributed by atoms with Gasteiger partial charge in [-0.1, -0.05) is 6.07 Å². The molecule has 2 aromatic rings. The molecule has 21 heavy (non-hydrogen) atoms. The van der Waals surface area contributed by atoms with Crippen LogP contribution in [0.3, 0.4) is 0 Å². The Balaban J connectivity index is 1.99. The van der Waals surface area contributed by atoms with E-state index in [4.69, 9.17) is 0 Å². The van der Waals surface area contributed by atoms with Gasteiger partial charge in [0.15, 0.2) is 0 Å². The normalized spacial score (nSPS) is 9.95. The van der Waals surface area contributed by atoms with Crippen molar-refractivity contribution in [2.45, 2.75) is 4.90 Å². The highest BCUT2D eigenvalue weighted by atomic mass is 32.2. The summed E-state index contributed by atoms with van der Waals surface area (Å²) in [5.74, 6) is 0. The van der Waals surface area contributed by atoms with E-state index in [1.165, 1.54) is 24.3 Å². The monoisotopic (exact) mass is 303 g/mol. The molecule has 2 rings (SSSR count). The molecular weight excluding hydrogens is 290 g/mol. The third kappa shape index (κ3) is 4.22. The van der Waals surface area contributed by atoms with Crippen molar-refractivity contribution in [3.8, 4) is 0 Å². The molecule has 2 N–H and O–H groups in total. The maximum Gasteiger partial charge on any atom is 0.323 e. The summed E-state index contributed by atoms with van der Waals surface area (Å²) in [4.78, 5) is 22.9. The van der Waals surface area contributed by atoms with E-state index in [1.807, 2.05) is 24.5 Å². The molecule has 0 bridgehead atoms. The Morgan fingerprint density at radius 1 is 1.10 bits per heavy atom. The van der Waals surface area contributed by atoms with E-state index in [0.29, 0.717) is 11.4 Å². The van der Waals surface area contributed by atoms with Crippen molar-refractivity contribution >= 4 is 34.9 Å². The van der Waals surface area contributed by atoms with Crippen LogP contribution in [0.25, 0.3) is 0 Å². The second kappa shape index (κ2) is 6.76. The molecular formula is C14H13N3O3S. The average Bonchev–Trinajstić information content (AvgIpc) is 2.47. The molecule has 0 unspecified atom stereocenters. The number of carbonyl (C=O) groups excluding carboxylic acids is 1. The molecule has 0 aliphatic heterocycles. The number of hydrogen-bond acceptors (Lipinski definition) is 4.